The quantitative estimate of drug-likeness (QED) is 0.628. The van der Waals surface area contributed by atoms with Gasteiger partial charge in [-0.3, -0.25) is 9.69 Å². The summed E-state index contributed by atoms with van der Waals surface area (Å²) in [4.78, 5) is 14.9. The molecule has 1 N–H and O–H groups in total. The average molecular weight is 395 g/mol. The van der Waals surface area contributed by atoms with Crippen molar-refractivity contribution in [1.82, 2.24) is 10.2 Å². The van der Waals surface area contributed by atoms with E-state index in [9.17, 15) is 4.79 Å². The van der Waals surface area contributed by atoms with Crippen LogP contribution in [0.1, 0.15) is 54.6 Å². The number of nitrogens with zero attached hydrogens (tertiary/aromatic N) is 1. The van der Waals surface area contributed by atoms with Crippen LogP contribution in [0, 0.1) is 5.92 Å². The molecular weight excluding hydrogens is 360 g/mol. The maximum absolute atomic E-state index is 12.4. The summed E-state index contributed by atoms with van der Waals surface area (Å²) in [6.45, 7) is 9.02. The zero-order valence-corrected chi connectivity index (χ0v) is 17.8. The summed E-state index contributed by atoms with van der Waals surface area (Å²) in [7, 11) is 0. The first-order valence-corrected chi connectivity index (χ1v) is 10.9. The monoisotopic (exact) mass is 394 g/mol. The number of benzene rings is 2. The summed E-state index contributed by atoms with van der Waals surface area (Å²) in [6.07, 6.45) is 4.50. The predicted octanol–water partition coefficient (Wildman–Crippen LogP) is 4.68. The van der Waals surface area contributed by atoms with Crippen LogP contribution in [0.15, 0.2) is 48.5 Å². The van der Waals surface area contributed by atoms with Gasteiger partial charge in [0.15, 0.2) is 0 Å². The van der Waals surface area contributed by atoms with Gasteiger partial charge < -0.3 is 10.1 Å². The second-order valence-electron chi connectivity index (χ2n) is 8.12. The molecule has 0 saturated carbocycles. The van der Waals surface area contributed by atoms with Gasteiger partial charge in [-0.05, 0) is 80.5 Å². The highest BCUT2D eigenvalue weighted by atomic mass is 16.5. The number of piperidine rings is 1. The van der Waals surface area contributed by atoms with Gasteiger partial charge in [0.1, 0.15) is 5.75 Å². The van der Waals surface area contributed by atoms with Crippen molar-refractivity contribution in [3.8, 4) is 5.75 Å². The summed E-state index contributed by atoms with van der Waals surface area (Å²) >= 11 is 0. The van der Waals surface area contributed by atoms with E-state index in [1.807, 2.05) is 31.2 Å². The number of rotatable bonds is 9. The Labute approximate surface area is 175 Å². The highest BCUT2D eigenvalue weighted by Crippen LogP contribution is 2.18. The van der Waals surface area contributed by atoms with E-state index < -0.39 is 0 Å². The van der Waals surface area contributed by atoms with Gasteiger partial charge in [0.2, 0.25) is 0 Å². The lowest BCUT2D eigenvalue weighted by Crippen LogP contribution is -2.33. The van der Waals surface area contributed by atoms with E-state index in [1.165, 1.54) is 37.1 Å². The Balaban J connectivity index is 1.39. The van der Waals surface area contributed by atoms with Crippen LogP contribution < -0.4 is 10.1 Å². The third kappa shape index (κ3) is 6.90. The third-order valence-corrected chi connectivity index (χ3v) is 5.53. The van der Waals surface area contributed by atoms with Crippen LogP contribution in [0.5, 0.6) is 5.75 Å². The highest BCUT2D eigenvalue weighted by molar-refractivity contribution is 5.94. The van der Waals surface area contributed by atoms with Gasteiger partial charge in [0.25, 0.3) is 5.91 Å². The number of hydrogen-bond acceptors (Lipinski definition) is 3. The number of hydrogen-bond donors (Lipinski definition) is 1. The van der Waals surface area contributed by atoms with Crippen molar-refractivity contribution in [3.63, 3.8) is 0 Å². The Bertz CT molecular complexity index is 755. The predicted molar refractivity (Wildman–Crippen MR) is 118 cm³/mol. The number of carbonyl (C=O) groups excluding carboxylic acids is 1. The zero-order chi connectivity index (χ0) is 20.5. The van der Waals surface area contributed by atoms with Gasteiger partial charge in [-0.15, -0.1) is 0 Å². The fourth-order valence-corrected chi connectivity index (χ4v) is 3.97. The lowest BCUT2D eigenvalue weighted by Gasteiger charge is -2.30. The van der Waals surface area contributed by atoms with Crippen LogP contribution in [0.4, 0.5) is 0 Å². The smallest absolute Gasteiger partial charge is 0.251 e. The molecule has 1 unspecified atom stereocenters. The molecule has 3 rings (SSSR count). The Kier molecular flexibility index (Phi) is 8.12. The Morgan fingerprint density at radius 3 is 2.52 bits per heavy atom. The van der Waals surface area contributed by atoms with Crippen molar-refractivity contribution >= 4 is 5.91 Å². The minimum absolute atomic E-state index is 0.00911. The molecule has 2 aromatic rings. The van der Waals surface area contributed by atoms with Crippen molar-refractivity contribution < 1.29 is 9.53 Å². The maximum Gasteiger partial charge on any atom is 0.251 e. The van der Waals surface area contributed by atoms with E-state index in [0.717, 1.165) is 36.6 Å². The van der Waals surface area contributed by atoms with Crippen molar-refractivity contribution in [3.05, 3.63) is 65.2 Å². The number of carbonyl (C=O) groups is 1. The second kappa shape index (κ2) is 11.0. The Hall–Kier alpha value is -2.33. The molecular formula is C25H34N2O2. The molecule has 1 heterocycles. The lowest BCUT2D eigenvalue weighted by atomic mass is 9.99. The van der Waals surface area contributed by atoms with Crippen LogP contribution in [0.3, 0.4) is 0 Å². The fourth-order valence-electron chi connectivity index (χ4n) is 3.97. The van der Waals surface area contributed by atoms with Crippen molar-refractivity contribution in [2.75, 3.05) is 26.2 Å². The summed E-state index contributed by atoms with van der Waals surface area (Å²) in [6, 6.07) is 16.3. The SMILES string of the molecule is CCOc1ccc(CCCNC(=O)c2ccc(CN3CCCC(C)C3)cc2)cc1. The molecule has 1 aliphatic heterocycles. The van der Waals surface area contributed by atoms with Crippen molar-refractivity contribution in [1.29, 1.82) is 0 Å². The number of ether oxygens (including phenoxy) is 1. The van der Waals surface area contributed by atoms with E-state index in [0.29, 0.717) is 13.2 Å². The molecule has 1 amide bonds. The van der Waals surface area contributed by atoms with Crippen LogP contribution in [0.2, 0.25) is 0 Å². The average Bonchev–Trinajstić information content (AvgIpc) is 2.73. The summed E-state index contributed by atoms with van der Waals surface area (Å²) in [5.41, 5.74) is 3.28. The second-order valence-corrected chi connectivity index (χ2v) is 8.12. The van der Waals surface area contributed by atoms with Gasteiger partial charge in [0, 0.05) is 25.2 Å². The van der Waals surface area contributed by atoms with E-state index in [4.69, 9.17) is 4.74 Å². The molecule has 0 bridgehead atoms. The van der Waals surface area contributed by atoms with E-state index >= 15 is 0 Å². The molecule has 2 aromatic carbocycles. The van der Waals surface area contributed by atoms with E-state index in [-0.39, 0.29) is 5.91 Å². The number of aryl methyl sites for hydroxylation is 1. The number of likely N-dealkylation sites (tertiary alicyclic amines) is 1. The van der Waals surface area contributed by atoms with E-state index in [1.54, 1.807) is 0 Å². The van der Waals surface area contributed by atoms with Gasteiger partial charge >= 0.3 is 0 Å². The summed E-state index contributed by atoms with van der Waals surface area (Å²) in [5.74, 6) is 1.70. The summed E-state index contributed by atoms with van der Waals surface area (Å²) < 4.78 is 5.46. The van der Waals surface area contributed by atoms with E-state index in [2.05, 4.69) is 41.4 Å². The first-order chi connectivity index (χ1) is 14.1. The minimum Gasteiger partial charge on any atom is -0.494 e. The third-order valence-electron chi connectivity index (χ3n) is 5.53. The van der Waals surface area contributed by atoms with Crippen LogP contribution in [0.25, 0.3) is 0 Å². The molecule has 1 fully saturated rings. The number of nitrogens with one attached hydrogen (secondary N) is 1. The molecule has 0 aromatic heterocycles. The molecule has 1 aliphatic rings. The van der Waals surface area contributed by atoms with Gasteiger partial charge in [-0.25, -0.2) is 0 Å². The standard InChI is InChI=1S/C25H34N2O2/c1-3-29-24-14-10-21(11-15-24)7-4-16-26-25(28)23-12-8-22(9-13-23)19-27-17-5-6-20(2)18-27/h8-15,20H,3-7,16-19H2,1-2H3,(H,26,28). The normalized spacial score (nSPS) is 17.1. The minimum atomic E-state index is 0.00911. The molecule has 1 atom stereocenters. The zero-order valence-electron chi connectivity index (χ0n) is 17.8. The Morgan fingerprint density at radius 2 is 1.83 bits per heavy atom. The van der Waals surface area contributed by atoms with Crippen molar-refractivity contribution in [2.45, 2.75) is 46.1 Å². The van der Waals surface area contributed by atoms with Crippen LogP contribution in [-0.4, -0.2) is 37.0 Å². The molecule has 156 valence electrons. The lowest BCUT2D eigenvalue weighted by molar-refractivity contribution is 0.0953. The first-order valence-electron chi connectivity index (χ1n) is 10.9. The largest absolute Gasteiger partial charge is 0.494 e. The first kappa shape index (κ1) is 21.4. The van der Waals surface area contributed by atoms with Crippen molar-refractivity contribution in [2.24, 2.45) is 5.92 Å². The maximum atomic E-state index is 12.4. The topological polar surface area (TPSA) is 41.6 Å². The molecule has 29 heavy (non-hydrogen) atoms. The Morgan fingerprint density at radius 1 is 1.10 bits per heavy atom. The fraction of sp³-hybridized carbons (Fsp3) is 0.480. The molecule has 0 radical (unpaired) electrons. The summed E-state index contributed by atoms with van der Waals surface area (Å²) in [5, 5.41) is 3.03. The number of amides is 1. The highest BCUT2D eigenvalue weighted by Gasteiger charge is 2.16. The van der Waals surface area contributed by atoms with Crippen LogP contribution in [-0.2, 0) is 13.0 Å². The molecule has 4 heteroatoms. The van der Waals surface area contributed by atoms with Gasteiger partial charge in [0.05, 0.1) is 6.61 Å². The van der Waals surface area contributed by atoms with Gasteiger partial charge in [-0.2, -0.15) is 0 Å². The van der Waals surface area contributed by atoms with Gasteiger partial charge in [-0.1, -0.05) is 31.2 Å². The van der Waals surface area contributed by atoms with Crippen LogP contribution >= 0.6 is 0 Å². The molecule has 0 aliphatic carbocycles. The molecule has 0 spiro atoms. The molecule has 1 saturated heterocycles. The molecule has 4 nitrogen and oxygen atoms in total.